The summed E-state index contributed by atoms with van der Waals surface area (Å²) in [5, 5.41) is 9.64. The molecule has 0 aliphatic rings. The number of imidazole rings is 1. The van der Waals surface area contributed by atoms with E-state index in [0.29, 0.717) is 23.6 Å². The van der Waals surface area contributed by atoms with E-state index in [1.807, 2.05) is 6.92 Å². The van der Waals surface area contributed by atoms with Gasteiger partial charge in [-0.3, -0.25) is 0 Å². The first-order valence-electron chi connectivity index (χ1n) is 6.44. The summed E-state index contributed by atoms with van der Waals surface area (Å²) in [4.78, 5) is 4.03. The van der Waals surface area contributed by atoms with E-state index >= 15 is 0 Å². The van der Waals surface area contributed by atoms with Crippen LogP contribution in [0.3, 0.4) is 0 Å². The molecular formula is C13H18N4O3S. The number of sulfonamides is 1. The molecule has 0 radical (unpaired) electrons. The Balaban J connectivity index is 2.19. The van der Waals surface area contributed by atoms with Crippen LogP contribution in [0.25, 0.3) is 0 Å². The Morgan fingerprint density at radius 3 is 2.76 bits per heavy atom. The molecule has 1 aromatic carbocycles. The maximum absolute atomic E-state index is 12.2. The van der Waals surface area contributed by atoms with E-state index in [1.54, 1.807) is 17.6 Å². The number of phenolic OH excluding ortho intramolecular Hbond substituents is 1. The number of hydrogen-bond acceptors (Lipinski definition) is 5. The van der Waals surface area contributed by atoms with E-state index in [-0.39, 0.29) is 17.3 Å². The van der Waals surface area contributed by atoms with Crippen LogP contribution in [0.1, 0.15) is 18.3 Å². The minimum atomic E-state index is -3.73. The molecule has 0 saturated heterocycles. The summed E-state index contributed by atoms with van der Waals surface area (Å²) < 4.78 is 28.5. The molecule has 7 nitrogen and oxygen atoms in total. The molecule has 2 rings (SSSR count). The Hall–Kier alpha value is -2.06. The zero-order valence-electron chi connectivity index (χ0n) is 11.9. The Bertz CT molecular complexity index is 753. The molecule has 0 saturated carbocycles. The maximum atomic E-state index is 12.2. The Kier molecular flexibility index (Phi) is 4.19. The monoisotopic (exact) mass is 310 g/mol. The topological polar surface area (TPSA) is 110 Å². The minimum Gasteiger partial charge on any atom is -0.508 e. The first-order valence-corrected chi connectivity index (χ1v) is 7.92. The van der Waals surface area contributed by atoms with Gasteiger partial charge in [0.25, 0.3) is 10.0 Å². The SMILES string of the molecule is CCn1cc(S(=O)(=O)NCc2cc(N)ccc2O)nc1C. The molecule has 0 bridgehead atoms. The number of aromatic nitrogens is 2. The number of nitrogens with one attached hydrogen (secondary N) is 1. The first-order chi connectivity index (χ1) is 9.83. The molecule has 0 aliphatic carbocycles. The van der Waals surface area contributed by atoms with Gasteiger partial charge in [0.1, 0.15) is 11.6 Å². The number of nitrogens with zero attached hydrogens (tertiary/aromatic N) is 2. The highest BCUT2D eigenvalue weighted by molar-refractivity contribution is 7.89. The van der Waals surface area contributed by atoms with Crippen molar-refractivity contribution in [2.45, 2.75) is 32.0 Å². The van der Waals surface area contributed by atoms with Crippen LogP contribution in [0.5, 0.6) is 5.75 Å². The number of aromatic hydroxyl groups is 1. The lowest BCUT2D eigenvalue weighted by Gasteiger charge is -2.07. The number of nitrogens with two attached hydrogens (primary N) is 1. The maximum Gasteiger partial charge on any atom is 0.259 e. The zero-order valence-corrected chi connectivity index (χ0v) is 12.7. The third-order valence-electron chi connectivity index (χ3n) is 3.13. The summed E-state index contributed by atoms with van der Waals surface area (Å²) in [6, 6.07) is 4.49. The molecule has 0 fully saturated rings. The van der Waals surface area contributed by atoms with Crippen molar-refractivity contribution in [1.82, 2.24) is 14.3 Å². The molecule has 1 heterocycles. The largest absolute Gasteiger partial charge is 0.508 e. The van der Waals surface area contributed by atoms with Crippen molar-refractivity contribution in [2.75, 3.05) is 5.73 Å². The van der Waals surface area contributed by atoms with E-state index < -0.39 is 10.0 Å². The first kappa shape index (κ1) is 15.3. The van der Waals surface area contributed by atoms with Gasteiger partial charge >= 0.3 is 0 Å². The Labute approximate surface area is 123 Å². The fourth-order valence-corrected chi connectivity index (χ4v) is 2.93. The van der Waals surface area contributed by atoms with Gasteiger partial charge in [-0.05, 0) is 32.0 Å². The van der Waals surface area contributed by atoms with Crippen LogP contribution in [0.4, 0.5) is 5.69 Å². The molecule has 2 aromatic rings. The van der Waals surface area contributed by atoms with Crippen molar-refractivity contribution < 1.29 is 13.5 Å². The number of rotatable bonds is 5. The van der Waals surface area contributed by atoms with Crippen molar-refractivity contribution >= 4 is 15.7 Å². The summed E-state index contributed by atoms with van der Waals surface area (Å²) in [5.41, 5.74) is 6.47. The second kappa shape index (κ2) is 5.74. The van der Waals surface area contributed by atoms with Crippen LogP contribution in [0, 0.1) is 6.92 Å². The molecule has 0 unspecified atom stereocenters. The van der Waals surface area contributed by atoms with Crippen molar-refractivity contribution in [2.24, 2.45) is 0 Å². The summed E-state index contributed by atoms with van der Waals surface area (Å²) in [5.74, 6) is 0.617. The van der Waals surface area contributed by atoms with Crippen molar-refractivity contribution in [3.8, 4) is 5.75 Å². The van der Waals surface area contributed by atoms with E-state index in [9.17, 15) is 13.5 Å². The van der Waals surface area contributed by atoms with Crippen LogP contribution >= 0.6 is 0 Å². The van der Waals surface area contributed by atoms with Gasteiger partial charge in [-0.2, -0.15) is 0 Å². The van der Waals surface area contributed by atoms with Crippen LogP contribution < -0.4 is 10.5 Å². The summed E-state index contributed by atoms with van der Waals surface area (Å²) in [6.45, 7) is 4.23. The molecular weight excluding hydrogens is 292 g/mol. The lowest BCUT2D eigenvalue weighted by atomic mass is 10.2. The van der Waals surface area contributed by atoms with Gasteiger partial charge in [-0.1, -0.05) is 0 Å². The number of nitrogen functional groups attached to an aromatic ring is 1. The standard InChI is InChI=1S/C13H18N4O3S/c1-3-17-8-13(16-9(17)2)21(19,20)15-7-10-6-11(14)4-5-12(10)18/h4-6,8,15,18H,3,7,14H2,1-2H3. The second-order valence-corrected chi connectivity index (χ2v) is 6.34. The molecule has 21 heavy (non-hydrogen) atoms. The Morgan fingerprint density at radius 2 is 2.14 bits per heavy atom. The van der Waals surface area contributed by atoms with Crippen molar-refractivity contribution in [1.29, 1.82) is 0 Å². The molecule has 114 valence electrons. The van der Waals surface area contributed by atoms with Gasteiger partial charge in [0.2, 0.25) is 0 Å². The number of hydrogen-bond donors (Lipinski definition) is 3. The van der Waals surface area contributed by atoms with E-state index in [2.05, 4.69) is 9.71 Å². The fourth-order valence-electron chi connectivity index (χ4n) is 1.92. The third kappa shape index (κ3) is 3.34. The highest BCUT2D eigenvalue weighted by Crippen LogP contribution is 2.20. The zero-order chi connectivity index (χ0) is 15.6. The minimum absolute atomic E-state index is 0.0119. The van der Waals surface area contributed by atoms with E-state index in [1.165, 1.54) is 18.3 Å². The van der Waals surface area contributed by atoms with Gasteiger partial charge in [-0.25, -0.2) is 18.1 Å². The number of phenols is 1. The third-order valence-corrected chi connectivity index (χ3v) is 4.40. The number of aryl methyl sites for hydroxylation is 2. The molecule has 0 amide bonds. The van der Waals surface area contributed by atoms with Gasteiger partial charge < -0.3 is 15.4 Å². The van der Waals surface area contributed by atoms with E-state index in [4.69, 9.17) is 5.73 Å². The average Bonchev–Trinajstić information content (AvgIpc) is 2.82. The van der Waals surface area contributed by atoms with Gasteiger partial charge in [-0.15, -0.1) is 0 Å². The van der Waals surface area contributed by atoms with E-state index in [0.717, 1.165) is 0 Å². The fraction of sp³-hybridized carbons (Fsp3) is 0.308. The molecule has 0 atom stereocenters. The van der Waals surface area contributed by atoms with Crippen LogP contribution in [0.15, 0.2) is 29.4 Å². The average molecular weight is 310 g/mol. The molecule has 0 spiro atoms. The van der Waals surface area contributed by atoms with Crippen molar-refractivity contribution in [3.63, 3.8) is 0 Å². The number of benzene rings is 1. The second-order valence-electron chi connectivity index (χ2n) is 4.63. The van der Waals surface area contributed by atoms with Crippen LogP contribution in [0.2, 0.25) is 0 Å². The van der Waals surface area contributed by atoms with Gasteiger partial charge in [0.05, 0.1) is 0 Å². The summed E-state index contributed by atoms with van der Waals surface area (Å²) >= 11 is 0. The summed E-state index contributed by atoms with van der Waals surface area (Å²) in [6.07, 6.45) is 1.48. The van der Waals surface area contributed by atoms with Crippen LogP contribution in [-0.2, 0) is 23.1 Å². The van der Waals surface area contributed by atoms with Crippen molar-refractivity contribution in [3.05, 3.63) is 35.8 Å². The van der Waals surface area contributed by atoms with Crippen LogP contribution in [-0.4, -0.2) is 23.1 Å². The smallest absolute Gasteiger partial charge is 0.259 e. The number of anilines is 1. The highest BCUT2D eigenvalue weighted by atomic mass is 32.2. The Morgan fingerprint density at radius 1 is 1.43 bits per heavy atom. The molecule has 1 aromatic heterocycles. The lowest BCUT2D eigenvalue weighted by Crippen LogP contribution is -2.23. The van der Waals surface area contributed by atoms with Gasteiger partial charge in [0.15, 0.2) is 5.03 Å². The summed E-state index contributed by atoms with van der Waals surface area (Å²) in [7, 11) is -3.73. The quantitative estimate of drug-likeness (QED) is 0.563. The predicted octanol–water partition coefficient (Wildman–Crippen LogP) is 0.978. The lowest BCUT2D eigenvalue weighted by molar-refractivity contribution is 0.467. The molecule has 8 heteroatoms. The predicted molar refractivity (Wildman–Crippen MR) is 79.2 cm³/mol. The highest BCUT2D eigenvalue weighted by Gasteiger charge is 2.19. The van der Waals surface area contributed by atoms with Gasteiger partial charge in [0, 0.05) is 30.5 Å². The molecule has 4 N–H and O–H groups in total. The molecule has 0 aliphatic heterocycles. The normalized spacial score (nSPS) is 11.7.